The average molecular weight is 541 g/mol. The quantitative estimate of drug-likeness (QED) is 0.141. The van der Waals surface area contributed by atoms with Gasteiger partial charge in [-0.1, -0.05) is 97.1 Å². The highest BCUT2D eigenvalue weighted by Gasteiger charge is 2.23. The molecule has 0 heterocycles. The number of rotatable bonds is 13. The number of carbonyl (C=O) groups excluding carboxylic acids is 2. The molecule has 4 nitrogen and oxygen atoms in total. The van der Waals surface area contributed by atoms with Crippen LogP contribution in [-0.2, 0) is 9.59 Å². The van der Waals surface area contributed by atoms with E-state index in [2.05, 4.69) is 10.6 Å². The number of hydrogen-bond acceptors (Lipinski definition) is 4. The van der Waals surface area contributed by atoms with Crippen LogP contribution in [0, 0.1) is 0 Å². The van der Waals surface area contributed by atoms with Gasteiger partial charge in [0.15, 0.2) is 0 Å². The minimum Gasteiger partial charge on any atom is -0.355 e. The van der Waals surface area contributed by atoms with Crippen LogP contribution in [-0.4, -0.2) is 24.9 Å². The predicted octanol–water partition coefficient (Wildman–Crippen LogP) is 7.07. The van der Waals surface area contributed by atoms with Gasteiger partial charge < -0.3 is 10.6 Å². The van der Waals surface area contributed by atoms with Gasteiger partial charge in [0, 0.05) is 22.9 Å². The summed E-state index contributed by atoms with van der Waals surface area (Å²) in [4.78, 5) is 28.3. The minimum absolute atomic E-state index is 0.00232. The van der Waals surface area contributed by atoms with E-state index in [9.17, 15) is 9.59 Å². The first kappa shape index (κ1) is 27.6. The maximum Gasteiger partial charge on any atom is 0.237 e. The van der Waals surface area contributed by atoms with Gasteiger partial charge in [0.2, 0.25) is 11.8 Å². The molecular weight excluding hydrogens is 508 g/mol. The molecular formula is C32H32N2O2S2. The fourth-order valence-electron chi connectivity index (χ4n) is 3.93. The van der Waals surface area contributed by atoms with Crippen molar-refractivity contribution in [3.8, 4) is 0 Å². The first-order valence-corrected chi connectivity index (χ1v) is 14.6. The van der Waals surface area contributed by atoms with E-state index in [1.165, 1.54) is 0 Å². The zero-order valence-electron chi connectivity index (χ0n) is 21.2. The van der Waals surface area contributed by atoms with Crippen molar-refractivity contribution in [3.05, 3.63) is 132 Å². The van der Waals surface area contributed by atoms with Crippen molar-refractivity contribution in [1.82, 2.24) is 10.6 Å². The van der Waals surface area contributed by atoms with Crippen molar-refractivity contribution in [2.24, 2.45) is 0 Å². The lowest BCUT2D eigenvalue weighted by molar-refractivity contribution is -0.121. The Labute approximate surface area is 233 Å². The molecule has 194 valence electrons. The molecule has 0 unspecified atom stereocenters. The van der Waals surface area contributed by atoms with E-state index in [1.54, 1.807) is 23.5 Å². The highest BCUT2D eigenvalue weighted by molar-refractivity contribution is 8.00. The van der Waals surface area contributed by atoms with Gasteiger partial charge in [0.1, 0.15) is 10.5 Å². The SMILES string of the molecule is O=C(NCCCCNC(=O)[C@@H](Sc1ccccc1)c1ccccc1)[C@@H](Sc1ccccc1)c1ccccc1. The fourth-order valence-corrected chi connectivity index (χ4v) is 6.07. The van der Waals surface area contributed by atoms with Crippen LogP contribution >= 0.6 is 23.5 Å². The maximum absolute atomic E-state index is 13.1. The van der Waals surface area contributed by atoms with E-state index in [4.69, 9.17) is 0 Å². The maximum atomic E-state index is 13.1. The Hall–Kier alpha value is -3.48. The molecule has 0 aliphatic heterocycles. The molecule has 0 fully saturated rings. The topological polar surface area (TPSA) is 58.2 Å². The molecule has 0 spiro atoms. The molecule has 0 saturated heterocycles. The number of carbonyl (C=O) groups is 2. The second kappa shape index (κ2) is 15.1. The number of unbranched alkanes of at least 4 members (excludes halogenated alkanes) is 1. The summed E-state index contributed by atoms with van der Waals surface area (Å²) in [6.07, 6.45) is 1.57. The summed E-state index contributed by atoms with van der Waals surface area (Å²) in [5.74, 6) is -0.00465. The lowest BCUT2D eigenvalue weighted by Crippen LogP contribution is -2.31. The van der Waals surface area contributed by atoms with Crippen molar-refractivity contribution in [2.45, 2.75) is 33.1 Å². The number of thioether (sulfide) groups is 2. The molecule has 0 saturated carbocycles. The molecule has 4 aromatic rings. The van der Waals surface area contributed by atoms with Gasteiger partial charge in [-0.05, 0) is 48.2 Å². The Bertz CT molecular complexity index is 1150. The molecule has 6 heteroatoms. The smallest absolute Gasteiger partial charge is 0.237 e. The first-order chi connectivity index (χ1) is 18.7. The van der Waals surface area contributed by atoms with Crippen LogP contribution in [0.5, 0.6) is 0 Å². The van der Waals surface area contributed by atoms with Crippen LogP contribution < -0.4 is 10.6 Å². The van der Waals surface area contributed by atoms with E-state index < -0.39 is 0 Å². The number of nitrogens with one attached hydrogen (secondary N) is 2. The molecule has 0 bridgehead atoms. The van der Waals surface area contributed by atoms with Gasteiger partial charge in [0.05, 0.1) is 0 Å². The van der Waals surface area contributed by atoms with Gasteiger partial charge in [-0.15, -0.1) is 23.5 Å². The number of amides is 2. The summed E-state index contributed by atoms with van der Waals surface area (Å²) in [5.41, 5.74) is 1.96. The Morgan fingerprint density at radius 3 is 1.16 bits per heavy atom. The Morgan fingerprint density at radius 2 is 0.816 bits per heavy atom. The third kappa shape index (κ3) is 8.54. The Balaban J connectivity index is 1.25. The van der Waals surface area contributed by atoms with Crippen molar-refractivity contribution in [2.75, 3.05) is 13.1 Å². The molecule has 2 amide bonds. The first-order valence-electron chi connectivity index (χ1n) is 12.8. The number of benzene rings is 4. The van der Waals surface area contributed by atoms with Gasteiger partial charge in [-0.2, -0.15) is 0 Å². The van der Waals surface area contributed by atoms with Gasteiger partial charge >= 0.3 is 0 Å². The normalized spacial score (nSPS) is 12.3. The molecule has 0 radical (unpaired) electrons. The molecule has 38 heavy (non-hydrogen) atoms. The molecule has 4 aromatic carbocycles. The lowest BCUT2D eigenvalue weighted by atomic mass is 10.1. The summed E-state index contributed by atoms with van der Waals surface area (Å²) in [6.45, 7) is 1.13. The van der Waals surface area contributed by atoms with E-state index in [0.29, 0.717) is 13.1 Å². The second-order valence-corrected chi connectivity index (χ2v) is 11.1. The van der Waals surface area contributed by atoms with Crippen molar-refractivity contribution < 1.29 is 9.59 Å². The van der Waals surface area contributed by atoms with E-state index in [1.807, 2.05) is 121 Å². The summed E-state index contributed by atoms with van der Waals surface area (Å²) in [5, 5.41) is 5.55. The summed E-state index contributed by atoms with van der Waals surface area (Å²) < 4.78 is 0. The highest BCUT2D eigenvalue weighted by Crippen LogP contribution is 2.36. The molecule has 2 N–H and O–H groups in total. The van der Waals surface area contributed by atoms with E-state index in [0.717, 1.165) is 33.8 Å². The van der Waals surface area contributed by atoms with E-state index in [-0.39, 0.29) is 22.3 Å². The summed E-state index contributed by atoms with van der Waals surface area (Å²) >= 11 is 3.10. The molecule has 0 aliphatic rings. The van der Waals surface area contributed by atoms with Gasteiger partial charge in [0.25, 0.3) is 0 Å². The molecule has 0 aliphatic carbocycles. The largest absolute Gasteiger partial charge is 0.355 e. The zero-order valence-corrected chi connectivity index (χ0v) is 22.8. The minimum atomic E-state index is -0.319. The van der Waals surface area contributed by atoms with Crippen LogP contribution in [0.4, 0.5) is 0 Å². The number of hydrogen-bond donors (Lipinski definition) is 2. The van der Waals surface area contributed by atoms with Crippen molar-refractivity contribution in [3.63, 3.8) is 0 Å². The fraction of sp³-hybridized carbons (Fsp3) is 0.188. The molecule has 4 rings (SSSR count). The molecule has 0 aromatic heterocycles. The lowest BCUT2D eigenvalue weighted by Gasteiger charge is -2.18. The Kier molecular flexibility index (Phi) is 10.9. The van der Waals surface area contributed by atoms with Crippen LogP contribution in [0.1, 0.15) is 34.5 Å². The van der Waals surface area contributed by atoms with E-state index >= 15 is 0 Å². The predicted molar refractivity (Wildman–Crippen MR) is 158 cm³/mol. The highest BCUT2D eigenvalue weighted by atomic mass is 32.2. The van der Waals surface area contributed by atoms with Crippen LogP contribution in [0.25, 0.3) is 0 Å². The van der Waals surface area contributed by atoms with Gasteiger partial charge in [-0.25, -0.2) is 0 Å². The van der Waals surface area contributed by atoms with Crippen LogP contribution in [0.3, 0.4) is 0 Å². The van der Waals surface area contributed by atoms with Crippen molar-refractivity contribution in [1.29, 1.82) is 0 Å². The third-order valence-electron chi connectivity index (χ3n) is 5.88. The van der Waals surface area contributed by atoms with Crippen LogP contribution in [0.2, 0.25) is 0 Å². The Morgan fingerprint density at radius 1 is 0.500 bits per heavy atom. The zero-order chi connectivity index (χ0) is 26.4. The average Bonchev–Trinajstić information content (AvgIpc) is 2.98. The van der Waals surface area contributed by atoms with Gasteiger partial charge in [-0.3, -0.25) is 9.59 Å². The van der Waals surface area contributed by atoms with Crippen molar-refractivity contribution >= 4 is 35.3 Å². The summed E-state index contributed by atoms with van der Waals surface area (Å²) in [7, 11) is 0. The monoisotopic (exact) mass is 540 g/mol. The standard InChI is InChI=1S/C32H32N2O2S2/c35-31(29(25-15-5-1-6-16-25)37-27-19-9-3-10-20-27)33-23-13-14-24-34-32(36)30(26-17-7-2-8-18-26)38-28-21-11-4-12-22-28/h1-12,15-22,29-30H,13-14,23-24H2,(H,33,35)(H,34,36)/t29-,30-/m0/s1. The van der Waals surface area contributed by atoms with Crippen LogP contribution in [0.15, 0.2) is 131 Å². The summed E-state index contributed by atoms with van der Waals surface area (Å²) in [6, 6.07) is 39.7. The third-order valence-corrected chi connectivity index (χ3v) is 8.41. The second-order valence-electron chi connectivity index (χ2n) is 8.73. The molecule has 2 atom stereocenters.